The SMILES string of the molecule is O=C(N/N=C/c1c(O)ccc2ccc(=O)oc12)C(O)c1ccccc1. The Morgan fingerprint density at radius 3 is 2.60 bits per heavy atom. The summed E-state index contributed by atoms with van der Waals surface area (Å²) in [6.07, 6.45) is -0.228. The molecule has 1 amide bonds. The predicted octanol–water partition coefficient (Wildman–Crippen LogP) is 1.68. The second kappa shape index (κ2) is 6.98. The Morgan fingerprint density at radius 2 is 1.84 bits per heavy atom. The maximum atomic E-state index is 11.9. The normalized spacial score (nSPS) is 12.4. The number of hydrazone groups is 1. The highest BCUT2D eigenvalue weighted by Crippen LogP contribution is 2.24. The standard InChI is InChI=1S/C18H14N2O5/c21-14-8-6-12-7-9-15(22)25-17(12)13(14)10-19-20-18(24)16(23)11-4-2-1-3-5-11/h1-10,16,21,23H,(H,20,24)/b19-10+. The zero-order valence-corrected chi connectivity index (χ0v) is 12.9. The van der Waals surface area contributed by atoms with Gasteiger partial charge in [0.25, 0.3) is 5.91 Å². The summed E-state index contributed by atoms with van der Waals surface area (Å²) in [7, 11) is 0. The quantitative estimate of drug-likeness (QED) is 0.381. The van der Waals surface area contributed by atoms with Crippen LogP contribution in [0.1, 0.15) is 17.2 Å². The van der Waals surface area contributed by atoms with Crippen LogP contribution in [-0.4, -0.2) is 22.3 Å². The number of nitrogens with one attached hydrogen (secondary N) is 1. The number of benzene rings is 2. The molecular weight excluding hydrogens is 324 g/mol. The number of hydrogen-bond acceptors (Lipinski definition) is 6. The van der Waals surface area contributed by atoms with Gasteiger partial charge in [-0.3, -0.25) is 4.79 Å². The predicted molar refractivity (Wildman–Crippen MR) is 91.3 cm³/mol. The molecule has 0 bridgehead atoms. The molecule has 1 atom stereocenters. The van der Waals surface area contributed by atoms with Crippen molar-refractivity contribution in [3.05, 3.63) is 76.1 Å². The highest BCUT2D eigenvalue weighted by atomic mass is 16.4. The molecule has 1 unspecified atom stereocenters. The average molecular weight is 338 g/mol. The lowest BCUT2D eigenvalue weighted by atomic mass is 10.1. The smallest absolute Gasteiger partial charge is 0.336 e. The molecule has 7 heteroatoms. The molecule has 1 aromatic heterocycles. The summed E-state index contributed by atoms with van der Waals surface area (Å²) >= 11 is 0. The van der Waals surface area contributed by atoms with E-state index in [1.807, 2.05) is 0 Å². The van der Waals surface area contributed by atoms with E-state index in [0.717, 1.165) is 6.21 Å². The van der Waals surface area contributed by atoms with Crippen molar-refractivity contribution in [1.29, 1.82) is 0 Å². The molecule has 0 spiro atoms. The van der Waals surface area contributed by atoms with Gasteiger partial charge in [0.2, 0.25) is 0 Å². The number of rotatable bonds is 4. The fourth-order valence-electron chi connectivity index (χ4n) is 2.28. The van der Waals surface area contributed by atoms with E-state index in [1.54, 1.807) is 42.5 Å². The first-order valence-electron chi connectivity index (χ1n) is 7.38. The van der Waals surface area contributed by atoms with Crippen molar-refractivity contribution in [1.82, 2.24) is 5.43 Å². The van der Waals surface area contributed by atoms with Crippen molar-refractivity contribution in [2.45, 2.75) is 6.10 Å². The monoisotopic (exact) mass is 338 g/mol. The van der Waals surface area contributed by atoms with Gasteiger partial charge in [-0.15, -0.1) is 0 Å². The largest absolute Gasteiger partial charge is 0.507 e. The van der Waals surface area contributed by atoms with Crippen LogP contribution in [0.2, 0.25) is 0 Å². The topological polar surface area (TPSA) is 112 Å². The molecular formula is C18H14N2O5. The van der Waals surface area contributed by atoms with Crippen LogP contribution < -0.4 is 11.1 Å². The van der Waals surface area contributed by atoms with E-state index < -0.39 is 17.6 Å². The molecule has 0 saturated heterocycles. The summed E-state index contributed by atoms with van der Waals surface area (Å²) in [5.74, 6) is -0.896. The van der Waals surface area contributed by atoms with Gasteiger partial charge in [0.05, 0.1) is 11.8 Å². The molecule has 1 heterocycles. The number of aliphatic hydroxyl groups excluding tert-OH is 1. The number of carbonyl (C=O) groups excluding carboxylic acids is 1. The number of aliphatic hydroxyl groups is 1. The van der Waals surface area contributed by atoms with E-state index in [0.29, 0.717) is 10.9 Å². The molecule has 0 fully saturated rings. The molecule has 3 rings (SSSR count). The van der Waals surface area contributed by atoms with Crippen molar-refractivity contribution < 1.29 is 19.4 Å². The van der Waals surface area contributed by atoms with Crippen molar-refractivity contribution in [3.63, 3.8) is 0 Å². The Bertz CT molecular complexity index is 995. The number of aromatic hydroxyl groups is 1. The molecule has 3 aromatic rings. The first-order chi connectivity index (χ1) is 12.1. The van der Waals surface area contributed by atoms with Gasteiger partial charge in [-0.2, -0.15) is 5.10 Å². The second-order valence-corrected chi connectivity index (χ2v) is 5.22. The Balaban J connectivity index is 1.82. The van der Waals surface area contributed by atoms with Crippen LogP contribution >= 0.6 is 0 Å². The van der Waals surface area contributed by atoms with Crippen molar-refractivity contribution >= 4 is 23.1 Å². The van der Waals surface area contributed by atoms with Crippen molar-refractivity contribution in [2.24, 2.45) is 5.10 Å². The minimum Gasteiger partial charge on any atom is -0.507 e. The lowest BCUT2D eigenvalue weighted by Crippen LogP contribution is -2.25. The maximum absolute atomic E-state index is 11.9. The highest BCUT2D eigenvalue weighted by molar-refractivity contribution is 5.99. The zero-order chi connectivity index (χ0) is 17.8. The number of carbonyl (C=O) groups is 1. The molecule has 126 valence electrons. The Kier molecular flexibility index (Phi) is 4.58. The van der Waals surface area contributed by atoms with Gasteiger partial charge in [-0.05, 0) is 23.8 Å². The zero-order valence-electron chi connectivity index (χ0n) is 12.9. The molecule has 0 aliphatic heterocycles. The Morgan fingerprint density at radius 1 is 1.12 bits per heavy atom. The van der Waals surface area contributed by atoms with E-state index in [4.69, 9.17) is 4.42 Å². The third-order valence-electron chi connectivity index (χ3n) is 3.54. The van der Waals surface area contributed by atoms with Gasteiger partial charge < -0.3 is 14.6 Å². The van der Waals surface area contributed by atoms with E-state index in [-0.39, 0.29) is 16.9 Å². The van der Waals surface area contributed by atoms with Gasteiger partial charge >= 0.3 is 5.63 Å². The van der Waals surface area contributed by atoms with E-state index >= 15 is 0 Å². The summed E-state index contributed by atoms with van der Waals surface area (Å²) < 4.78 is 5.08. The summed E-state index contributed by atoms with van der Waals surface area (Å²) in [6.45, 7) is 0. The fraction of sp³-hybridized carbons (Fsp3) is 0.0556. The highest BCUT2D eigenvalue weighted by Gasteiger charge is 2.16. The summed E-state index contributed by atoms with van der Waals surface area (Å²) in [6, 6.07) is 14.2. The number of hydrogen-bond donors (Lipinski definition) is 3. The number of amides is 1. The molecule has 0 saturated carbocycles. The van der Waals surface area contributed by atoms with Crippen LogP contribution in [0.25, 0.3) is 11.0 Å². The minimum atomic E-state index is -1.38. The van der Waals surface area contributed by atoms with E-state index in [1.165, 1.54) is 12.1 Å². The van der Waals surface area contributed by atoms with E-state index in [9.17, 15) is 19.8 Å². The number of phenolic OH excluding ortho intramolecular Hbond substituents is 1. The lowest BCUT2D eigenvalue weighted by Gasteiger charge is -2.08. The molecule has 0 aliphatic rings. The van der Waals surface area contributed by atoms with Crippen molar-refractivity contribution in [3.8, 4) is 5.75 Å². The van der Waals surface area contributed by atoms with Gasteiger partial charge in [-0.1, -0.05) is 30.3 Å². The number of nitrogens with zero attached hydrogens (tertiary/aromatic N) is 1. The van der Waals surface area contributed by atoms with E-state index in [2.05, 4.69) is 10.5 Å². The first kappa shape index (κ1) is 16.4. The Hall–Kier alpha value is -3.45. The molecule has 0 radical (unpaired) electrons. The molecule has 2 aromatic carbocycles. The average Bonchev–Trinajstić information content (AvgIpc) is 2.63. The summed E-state index contributed by atoms with van der Waals surface area (Å²) in [5.41, 5.74) is 2.33. The van der Waals surface area contributed by atoms with Gasteiger partial charge in [0.1, 0.15) is 5.75 Å². The number of phenols is 1. The third kappa shape index (κ3) is 3.56. The maximum Gasteiger partial charge on any atom is 0.336 e. The van der Waals surface area contributed by atoms with Crippen LogP contribution in [0, 0.1) is 0 Å². The molecule has 25 heavy (non-hydrogen) atoms. The number of fused-ring (bicyclic) bond motifs is 1. The minimum absolute atomic E-state index is 0.143. The van der Waals surface area contributed by atoms with Crippen LogP contribution in [0.5, 0.6) is 5.75 Å². The lowest BCUT2D eigenvalue weighted by molar-refractivity contribution is -0.129. The first-order valence-corrected chi connectivity index (χ1v) is 7.38. The summed E-state index contributed by atoms with van der Waals surface area (Å²) in [5, 5.41) is 24.2. The van der Waals surface area contributed by atoms with Crippen LogP contribution in [0.3, 0.4) is 0 Å². The van der Waals surface area contributed by atoms with Crippen molar-refractivity contribution in [2.75, 3.05) is 0 Å². The fourth-order valence-corrected chi connectivity index (χ4v) is 2.28. The third-order valence-corrected chi connectivity index (χ3v) is 3.54. The molecule has 3 N–H and O–H groups in total. The van der Waals surface area contributed by atoms with Crippen LogP contribution in [-0.2, 0) is 4.79 Å². The van der Waals surface area contributed by atoms with Gasteiger partial charge in [0, 0.05) is 11.5 Å². The molecule has 0 aliphatic carbocycles. The summed E-state index contributed by atoms with van der Waals surface area (Å²) in [4.78, 5) is 23.3. The second-order valence-electron chi connectivity index (χ2n) is 5.22. The molecule has 7 nitrogen and oxygen atoms in total. The van der Waals surface area contributed by atoms with Crippen LogP contribution in [0.15, 0.2) is 68.9 Å². The van der Waals surface area contributed by atoms with Gasteiger partial charge in [0.15, 0.2) is 11.7 Å². The Labute approximate surface area is 141 Å². The van der Waals surface area contributed by atoms with Gasteiger partial charge in [-0.25, -0.2) is 10.2 Å². The van der Waals surface area contributed by atoms with Crippen LogP contribution in [0.4, 0.5) is 0 Å².